The summed E-state index contributed by atoms with van der Waals surface area (Å²) in [5.41, 5.74) is 4.58. The van der Waals surface area contributed by atoms with Gasteiger partial charge in [-0.3, -0.25) is 0 Å². The predicted molar refractivity (Wildman–Crippen MR) is 151 cm³/mol. The van der Waals surface area contributed by atoms with Crippen molar-refractivity contribution in [1.29, 1.82) is 5.26 Å². The summed E-state index contributed by atoms with van der Waals surface area (Å²) in [6.07, 6.45) is 1.57. The van der Waals surface area contributed by atoms with Gasteiger partial charge in [-0.25, -0.2) is 14.4 Å². The van der Waals surface area contributed by atoms with E-state index in [0.29, 0.717) is 46.5 Å². The van der Waals surface area contributed by atoms with Crippen molar-refractivity contribution in [2.45, 2.75) is 20.4 Å². The van der Waals surface area contributed by atoms with Crippen molar-refractivity contribution in [2.75, 3.05) is 31.3 Å². The molecule has 3 rings (SSSR count). The minimum absolute atomic E-state index is 0.00905. The van der Waals surface area contributed by atoms with Crippen LogP contribution < -0.4 is 4.90 Å². The number of nitrogens with zero attached hydrogens (tertiary/aromatic N) is 5. The molecule has 0 amide bonds. The molecular weight excluding hydrogens is 530 g/mol. The van der Waals surface area contributed by atoms with Crippen molar-refractivity contribution in [3.8, 4) is 6.07 Å². The van der Waals surface area contributed by atoms with Crippen LogP contribution in [0.3, 0.4) is 0 Å². The van der Waals surface area contributed by atoms with Crippen LogP contribution >= 0.6 is 11.3 Å². The Morgan fingerprint density at radius 2 is 1.90 bits per heavy atom. The molecule has 0 fully saturated rings. The van der Waals surface area contributed by atoms with Crippen LogP contribution in [0.5, 0.6) is 0 Å². The third kappa shape index (κ3) is 8.60. The highest BCUT2D eigenvalue weighted by Gasteiger charge is 2.15. The van der Waals surface area contributed by atoms with Gasteiger partial charge in [-0.2, -0.15) is 15.5 Å². The fourth-order valence-corrected chi connectivity index (χ4v) is 4.48. The first-order chi connectivity index (χ1) is 19.3. The summed E-state index contributed by atoms with van der Waals surface area (Å²) >= 11 is 1.15. The number of hydrogen-bond donors (Lipinski definition) is 1. The number of esters is 1. The number of aryl methyl sites for hydroxylation is 1. The van der Waals surface area contributed by atoms with E-state index in [-0.39, 0.29) is 13.2 Å². The fraction of sp³-hybridized carbons (Fsp3) is 0.241. The lowest BCUT2D eigenvalue weighted by atomic mass is 10.1. The monoisotopic (exact) mass is 557 g/mol. The smallest absolute Gasteiger partial charge is 0.331 e. The number of carboxylic acid groups (broad SMARTS) is 1. The number of aliphatic carboxylic acids is 1. The first-order valence-electron chi connectivity index (χ1n) is 12.2. The van der Waals surface area contributed by atoms with E-state index in [2.05, 4.69) is 26.0 Å². The minimum Gasteiger partial charge on any atom is -0.478 e. The highest BCUT2D eigenvalue weighted by molar-refractivity contribution is 7.17. The lowest BCUT2D eigenvalue weighted by Crippen LogP contribution is -2.27. The summed E-state index contributed by atoms with van der Waals surface area (Å²) in [7, 11) is 0. The first kappa shape index (κ1) is 29.7. The van der Waals surface area contributed by atoms with Crippen molar-refractivity contribution in [3.05, 3.63) is 93.7 Å². The second-order valence-corrected chi connectivity index (χ2v) is 9.46. The van der Waals surface area contributed by atoms with Crippen LogP contribution in [0.4, 0.5) is 22.1 Å². The molecule has 0 atom stereocenters. The van der Waals surface area contributed by atoms with Gasteiger partial charge in [0, 0.05) is 30.9 Å². The normalized spacial score (nSPS) is 10.9. The van der Waals surface area contributed by atoms with Gasteiger partial charge in [-0.1, -0.05) is 30.3 Å². The molecule has 0 aliphatic carbocycles. The Kier molecular flexibility index (Phi) is 11.1. The summed E-state index contributed by atoms with van der Waals surface area (Å²) in [4.78, 5) is 28.0. The third-order valence-electron chi connectivity index (χ3n) is 5.66. The number of nitriles is 1. The molecule has 0 saturated carbocycles. The quantitative estimate of drug-likeness (QED) is 0.0845. The zero-order valence-electron chi connectivity index (χ0n) is 22.0. The molecule has 40 heavy (non-hydrogen) atoms. The maximum atomic E-state index is 11.4. The Labute approximate surface area is 236 Å². The molecule has 1 N–H and O–H groups in total. The average Bonchev–Trinajstić information content (AvgIpc) is 3.26. The second kappa shape index (κ2) is 14.9. The van der Waals surface area contributed by atoms with Gasteiger partial charge in [0.15, 0.2) is 0 Å². The Hall–Kier alpha value is -4.84. The molecule has 0 aliphatic rings. The van der Waals surface area contributed by atoms with Crippen molar-refractivity contribution in [2.24, 2.45) is 10.2 Å². The van der Waals surface area contributed by atoms with Gasteiger partial charge in [0.25, 0.3) is 0 Å². The third-order valence-corrected chi connectivity index (χ3v) is 6.73. The molecule has 0 saturated heterocycles. The summed E-state index contributed by atoms with van der Waals surface area (Å²) in [5, 5.41) is 26.8. The van der Waals surface area contributed by atoms with Crippen LogP contribution in [-0.2, 0) is 25.6 Å². The van der Waals surface area contributed by atoms with Crippen molar-refractivity contribution < 1.29 is 24.2 Å². The maximum Gasteiger partial charge on any atom is 0.331 e. The molecule has 2 aromatic carbocycles. The Balaban J connectivity index is 1.67. The number of thiophene rings is 1. The summed E-state index contributed by atoms with van der Waals surface area (Å²) in [5.74, 6) is -1.96. The summed E-state index contributed by atoms with van der Waals surface area (Å²) < 4.78 is 10.6. The lowest BCUT2D eigenvalue weighted by molar-refractivity contribution is -0.140. The van der Waals surface area contributed by atoms with E-state index in [1.54, 1.807) is 6.92 Å². The Morgan fingerprint density at radius 3 is 2.58 bits per heavy atom. The van der Waals surface area contributed by atoms with Crippen molar-refractivity contribution in [1.82, 2.24) is 0 Å². The van der Waals surface area contributed by atoms with Gasteiger partial charge in [0.1, 0.15) is 17.7 Å². The van der Waals surface area contributed by atoms with Crippen LogP contribution in [0.25, 0.3) is 4.85 Å². The molecule has 0 bridgehead atoms. The number of carbonyl (C=O) groups excluding carboxylic acids is 1. The van der Waals surface area contributed by atoms with E-state index in [9.17, 15) is 14.9 Å². The van der Waals surface area contributed by atoms with E-state index in [1.165, 1.54) is 0 Å². The first-order valence-corrected chi connectivity index (χ1v) is 13.0. The second-order valence-electron chi connectivity index (χ2n) is 8.46. The van der Waals surface area contributed by atoms with E-state index in [0.717, 1.165) is 40.3 Å². The van der Waals surface area contributed by atoms with E-state index < -0.39 is 11.9 Å². The molecular formula is C29H27N5O5S. The van der Waals surface area contributed by atoms with Crippen LogP contribution in [-0.4, -0.2) is 43.4 Å². The maximum absolute atomic E-state index is 11.4. The lowest BCUT2D eigenvalue weighted by Gasteiger charge is -2.25. The number of rotatable bonds is 13. The highest BCUT2D eigenvalue weighted by atomic mass is 32.1. The van der Waals surface area contributed by atoms with Gasteiger partial charge < -0.3 is 19.5 Å². The van der Waals surface area contributed by atoms with Gasteiger partial charge >= 0.3 is 11.9 Å². The SMILES string of the molecule is [C-]#[N+]c1c(N=Nc2ccc(N(CCOCCOC(=O)/C=C\C(=O)O)Cc3ccccc3)cc2C)sc(C#N)c1C. The molecule has 0 spiro atoms. The van der Waals surface area contributed by atoms with Gasteiger partial charge in [0.2, 0.25) is 5.69 Å². The van der Waals surface area contributed by atoms with Crippen LogP contribution in [0, 0.1) is 31.8 Å². The fourth-order valence-electron chi connectivity index (χ4n) is 3.61. The number of benzene rings is 2. The van der Waals surface area contributed by atoms with Crippen LogP contribution in [0.2, 0.25) is 0 Å². The average molecular weight is 558 g/mol. The highest BCUT2D eigenvalue weighted by Crippen LogP contribution is 2.42. The van der Waals surface area contributed by atoms with Gasteiger partial charge in [-0.05, 0) is 48.7 Å². The molecule has 1 aromatic heterocycles. The molecule has 0 radical (unpaired) electrons. The summed E-state index contributed by atoms with van der Waals surface area (Å²) in [6.45, 7) is 12.8. The van der Waals surface area contributed by atoms with E-state index >= 15 is 0 Å². The van der Waals surface area contributed by atoms with E-state index in [4.69, 9.17) is 21.2 Å². The van der Waals surface area contributed by atoms with E-state index in [1.807, 2.05) is 55.5 Å². The van der Waals surface area contributed by atoms with Crippen molar-refractivity contribution >= 4 is 45.3 Å². The number of anilines is 1. The molecule has 3 aromatic rings. The number of hydrogen-bond acceptors (Lipinski definition) is 9. The number of carboxylic acids is 1. The van der Waals surface area contributed by atoms with Gasteiger partial charge in [0.05, 0.1) is 30.4 Å². The number of ether oxygens (including phenoxy) is 2. The number of carbonyl (C=O) groups is 2. The molecule has 1 heterocycles. The molecule has 0 aliphatic heterocycles. The summed E-state index contributed by atoms with van der Waals surface area (Å²) in [6, 6.07) is 17.9. The number of azo groups is 1. The van der Waals surface area contributed by atoms with Crippen LogP contribution in [0.15, 0.2) is 70.9 Å². The molecule has 10 nitrogen and oxygen atoms in total. The Morgan fingerprint density at radius 1 is 1.12 bits per heavy atom. The molecule has 0 unspecified atom stereocenters. The molecule has 11 heteroatoms. The largest absolute Gasteiger partial charge is 0.478 e. The van der Waals surface area contributed by atoms with Gasteiger partial charge in [-0.15, -0.1) is 11.3 Å². The topological polar surface area (TPSA) is 129 Å². The Bertz CT molecular complexity index is 1480. The zero-order valence-corrected chi connectivity index (χ0v) is 22.9. The molecule has 204 valence electrons. The zero-order chi connectivity index (χ0) is 28.9. The van der Waals surface area contributed by atoms with Crippen molar-refractivity contribution in [3.63, 3.8) is 0 Å². The van der Waals surface area contributed by atoms with Crippen LogP contribution in [0.1, 0.15) is 21.6 Å². The minimum atomic E-state index is -1.22. The predicted octanol–water partition coefficient (Wildman–Crippen LogP) is 6.41. The standard InChI is InChI=1S/C29H27N5O5S/c1-20-17-23(9-10-24(20)32-33-29-28(31-3)21(2)25(18-30)40-29)34(19-22-7-5-4-6-8-22)13-14-38-15-16-39-27(37)12-11-26(35)36/h4-12,17H,13-16,19H2,1-2H3,(H,35,36)/b12-11-,33-32?.